The standard InChI is InChI=1S/C21H25N3O4/c1-23-19(25)17-16(13-9-11-15(27-3)12-10-13)18(22-14-7-5-4-6-8-14)28-20(17)24(2)21(23)26/h9-12,14,22H,4-8H2,1-3H3. The van der Waals surface area contributed by atoms with Crippen molar-refractivity contribution in [2.75, 3.05) is 12.4 Å². The Bertz CT molecular complexity index is 1120. The molecule has 0 saturated heterocycles. The first kappa shape index (κ1) is 18.4. The van der Waals surface area contributed by atoms with E-state index in [0.717, 1.165) is 28.7 Å². The molecule has 0 unspecified atom stereocenters. The van der Waals surface area contributed by atoms with Crippen molar-refractivity contribution in [3.05, 3.63) is 45.1 Å². The maximum atomic E-state index is 13.0. The van der Waals surface area contributed by atoms with Gasteiger partial charge in [-0.1, -0.05) is 31.4 Å². The number of aromatic nitrogens is 2. The molecule has 148 valence electrons. The molecule has 0 bridgehead atoms. The molecule has 2 aromatic heterocycles. The van der Waals surface area contributed by atoms with Crippen LogP contribution in [-0.4, -0.2) is 22.3 Å². The molecule has 7 nitrogen and oxygen atoms in total. The number of methoxy groups -OCH3 is 1. The molecule has 2 heterocycles. The zero-order valence-electron chi connectivity index (χ0n) is 16.4. The van der Waals surface area contributed by atoms with Crippen LogP contribution >= 0.6 is 0 Å². The lowest BCUT2D eigenvalue weighted by Gasteiger charge is -2.23. The number of aryl methyl sites for hydroxylation is 1. The molecule has 0 atom stereocenters. The van der Waals surface area contributed by atoms with Crippen molar-refractivity contribution in [3.63, 3.8) is 0 Å². The molecule has 3 aromatic rings. The summed E-state index contributed by atoms with van der Waals surface area (Å²) in [5, 5.41) is 3.91. The molecule has 28 heavy (non-hydrogen) atoms. The monoisotopic (exact) mass is 383 g/mol. The highest BCUT2D eigenvalue weighted by molar-refractivity contribution is 5.98. The molecule has 1 aliphatic rings. The largest absolute Gasteiger partial charge is 0.497 e. The summed E-state index contributed by atoms with van der Waals surface area (Å²) in [4.78, 5) is 25.3. The van der Waals surface area contributed by atoms with E-state index in [0.29, 0.717) is 22.9 Å². The number of nitrogens with zero attached hydrogens (tertiary/aromatic N) is 2. The Morgan fingerprint density at radius 1 is 1.04 bits per heavy atom. The van der Waals surface area contributed by atoms with Crippen LogP contribution in [0.5, 0.6) is 5.75 Å². The predicted octanol–water partition coefficient (Wildman–Crippen LogP) is 3.25. The molecule has 7 heteroatoms. The van der Waals surface area contributed by atoms with E-state index < -0.39 is 5.69 Å². The van der Waals surface area contributed by atoms with Crippen LogP contribution in [0.4, 0.5) is 5.88 Å². The van der Waals surface area contributed by atoms with Gasteiger partial charge in [0.25, 0.3) is 5.56 Å². The Morgan fingerprint density at radius 3 is 2.36 bits per heavy atom. The normalized spacial score (nSPS) is 15.1. The lowest BCUT2D eigenvalue weighted by atomic mass is 9.95. The van der Waals surface area contributed by atoms with Crippen molar-refractivity contribution in [1.29, 1.82) is 0 Å². The molecule has 4 rings (SSSR count). The topological polar surface area (TPSA) is 78.4 Å². The lowest BCUT2D eigenvalue weighted by Crippen LogP contribution is -2.36. The van der Waals surface area contributed by atoms with Crippen molar-refractivity contribution < 1.29 is 9.15 Å². The van der Waals surface area contributed by atoms with Crippen molar-refractivity contribution in [1.82, 2.24) is 9.13 Å². The zero-order chi connectivity index (χ0) is 19.8. The zero-order valence-corrected chi connectivity index (χ0v) is 16.4. The fourth-order valence-electron chi connectivity index (χ4n) is 3.99. The van der Waals surface area contributed by atoms with Crippen molar-refractivity contribution in [2.24, 2.45) is 14.1 Å². The summed E-state index contributed by atoms with van der Waals surface area (Å²) in [6.45, 7) is 0. The quantitative estimate of drug-likeness (QED) is 0.748. The minimum atomic E-state index is -0.406. The van der Waals surface area contributed by atoms with Crippen LogP contribution < -0.4 is 21.3 Å². The van der Waals surface area contributed by atoms with E-state index in [1.807, 2.05) is 24.3 Å². The Balaban J connectivity index is 1.95. The van der Waals surface area contributed by atoms with E-state index in [9.17, 15) is 9.59 Å². The Hall–Kier alpha value is -2.96. The second-order valence-corrected chi connectivity index (χ2v) is 7.40. The molecular weight excluding hydrogens is 358 g/mol. The van der Waals surface area contributed by atoms with Gasteiger partial charge >= 0.3 is 5.69 Å². The van der Waals surface area contributed by atoms with Gasteiger partial charge in [-0.25, -0.2) is 4.79 Å². The summed E-state index contributed by atoms with van der Waals surface area (Å²) >= 11 is 0. The van der Waals surface area contributed by atoms with Gasteiger partial charge in [-0.2, -0.15) is 0 Å². The summed E-state index contributed by atoms with van der Waals surface area (Å²) < 4.78 is 13.8. The molecule has 1 aliphatic carbocycles. The molecule has 0 amide bonds. The molecule has 1 aromatic carbocycles. The average Bonchev–Trinajstić information content (AvgIpc) is 3.10. The molecule has 1 saturated carbocycles. The van der Waals surface area contributed by atoms with Crippen LogP contribution in [-0.2, 0) is 14.1 Å². The van der Waals surface area contributed by atoms with Crippen molar-refractivity contribution in [2.45, 2.75) is 38.1 Å². The second-order valence-electron chi connectivity index (χ2n) is 7.40. The molecule has 0 radical (unpaired) electrons. The SMILES string of the molecule is COc1ccc(-c2c(NC3CCCCC3)oc3c2c(=O)n(C)c(=O)n3C)cc1. The van der Waals surface area contributed by atoms with Gasteiger partial charge in [-0.3, -0.25) is 13.9 Å². The number of anilines is 1. The number of hydrogen-bond donors (Lipinski definition) is 1. The van der Waals surface area contributed by atoms with Gasteiger partial charge in [0.2, 0.25) is 11.6 Å². The number of nitrogens with one attached hydrogen (secondary N) is 1. The predicted molar refractivity (Wildman–Crippen MR) is 109 cm³/mol. The van der Waals surface area contributed by atoms with Crippen molar-refractivity contribution >= 4 is 17.0 Å². The van der Waals surface area contributed by atoms with E-state index in [1.54, 1.807) is 14.2 Å². The lowest BCUT2D eigenvalue weighted by molar-refractivity contribution is 0.415. The molecule has 0 spiro atoms. The van der Waals surface area contributed by atoms with Gasteiger partial charge in [-0.15, -0.1) is 0 Å². The van der Waals surface area contributed by atoms with Gasteiger partial charge < -0.3 is 14.5 Å². The third-order valence-electron chi connectivity index (χ3n) is 5.61. The Labute approximate surface area is 162 Å². The van der Waals surface area contributed by atoms with Crippen LogP contribution in [0.25, 0.3) is 22.2 Å². The smallest absolute Gasteiger partial charge is 0.333 e. The van der Waals surface area contributed by atoms with E-state index in [2.05, 4.69) is 5.32 Å². The molecular formula is C21H25N3O4. The third kappa shape index (κ3) is 3.00. The number of ether oxygens (including phenoxy) is 1. The highest BCUT2D eigenvalue weighted by Crippen LogP contribution is 2.38. The fraction of sp³-hybridized carbons (Fsp3) is 0.429. The van der Waals surface area contributed by atoms with Crippen LogP contribution in [0, 0.1) is 0 Å². The number of fused-ring (bicyclic) bond motifs is 1. The number of benzene rings is 1. The van der Waals surface area contributed by atoms with Gasteiger partial charge in [0, 0.05) is 20.1 Å². The number of hydrogen-bond acceptors (Lipinski definition) is 5. The molecule has 1 fully saturated rings. The first-order chi connectivity index (χ1) is 13.5. The number of furan rings is 1. The molecule has 0 aliphatic heterocycles. The summed E-state index contributed by atoms with van der Waals surface area (Å²) in [7, 11) is 4.72. The summed E-state index contributed by atoms with van der Waals surface area (Å²) in [6, 6.07) is 7.81. The van der Waals surface area contributed by atoms with E-state index in [1.165, 1.54) is 30.9 Å². The van der Waals surface area contributed by atoms with Gasteiger partial charge in [-0.05, 0) is 30.5 Å². The van der Waals surface area contributed by atoms with Crippen LogP contribution in [0.1, 0.15) is 32.1 Å². The van der Waals surface area contributed by atoms with E-state index in [-0.39, 0.29) is 11.3 Å². The average molecular weight is 383 g/mol. The van der Waals surface area contributed by atoms with Gasteiger partial charge in [0.15, 0.2) is 0 Å². The third-order valence-corrected chi connectivity index (χ3v) is 5.61. The minimum absolute atomic E-state index is 0.289. The Morgan fingerprint density at radius 2 is 1.71 bits per heavy atom. The van der Waals surface area contributed by atoms with E-state index in [4.69, 9.17) is 9.15 Å². The van der Waals surface area contributed by atoms with Gasteiger partial charge in [0.1, 0.15) is 11.1 Å². The van der Waals surface area contributed by atoms with Crippen LogP contribution in [0.15, 0.2) is 38.3 Å². The maximum absolute atomic E-state index is 13.0. The molecule has 1 N–H and O–H groups in total. The Kier molecular flexibility index (Phi) is 4.75. The van der Waals surface area contributed by atoms with Gasteiger partial charge in [0.05, 0.1) is 12.7 Å². The fourth-order valence-corrected chi connectivity index (χ4v) is 3.99. The maximum Gasteiger partial charge on any atom is 0.333 e. The highest BCUT2D eigenvalue weighted by atomic mass is 16.5. The summed E-state index contributed by atoms with van der Waals surface area (Å²) in [6.07, 6.45) is 5.73. The van der Waals surface area contributed by atoms with Crippen LogP contribution in [0.3, 0.4) is 0 Å². The first-order valence-corrected chi connectivity index (χ1v) is 9.64. The first-order valence-electron chi connectivity index (χ1n) is 9.64. The van der Waals surface area contributed by atoms with Crippen LogP contribution in [0.2, 0.25) is 0 Å². The second kappa shape index (κ2) is 7.22. The number of rotatable bonds is 4. The minimum Gasteiger partial charge on any atom is -0.497 e. The van der Waals surface area contributed by atoms with Crippen molar-refractivity contribution in [3.8, 4) is 16.9 Å². The van der Waals surface area contributed by atoms with E-state index >= 15 is 0 Å². The summed E-state index contributed by atoms with van der Waals surface area (Å²) in [5.74, 6) is 1.28. The summed E-state index contributed by atoms with van der Waals surface area (Å²) in [5.41, 5.74) is 1.06. The highest BCUT2D eigenvalue weighted by Gasteiger charge is 2.25.